The number of aromatic nitrogens is 2. The molecule has 0 saturated carbocycles. The normalized spacial score (nSPS) is 12.5. The molecule has 3 heterocycles. The minimum absolute atomic E-state index is 0.102. The predicted molar refractivity (Wildman–Crippen MR) is 119 cm³/mol. The number of hydrogen-bond donors (Lipinski definition) is 0. The number of furan rings is 1. The Hall–Kier alpha value is -2.60. The van der Waals surface area contributed by atoms with Crippen LogP contribution in [0.1, 0.15) is 16.9 Å². The molecule has 0 fully saturated rings. The Morgan fingerprint density at radius 3 is 2.69 bits per heavy atom. The van der Waals surface area contributed by atoms with Crippen LogP contribution in [-0.2, 0) is 0 Å². The van der Waals surface area contributed by atoms with E-state index in [0.29, 0.717) is 36.6 Å². The molecule has 0 spiro atoms. The van der Waals surface area contributed by atoms with Crippen LogP contribution in [0.4, 0.5) is 0 Å². The van der Waals surface area contributed by atoms with Gasteiger partial charge in [0.1, 0.15) is 16.1 Å². The summed E-state index contributed by atoms with van der Waals surface area (Å²) in [6.07, 6.45) is 1.73. The Labute approximate surface area is 179 Å². The van der Waals surface area contributed by atoms with Crippen LogP contribution in [0.5, 0.6) is 0 Å². The molecule has 0 radical (unpaired) electrons. The molecule has 0 unspecified atom stereocenters. The number of hydrogen-bond acceptors (Lipinski definition) is 4. The Balaban J connectivity index is 1.64. The predicted octanol–water partition coefficient (Wildman–Crippen LogP) is 5.64. The number of benzene rings is 2. The van der Waals surface area contributed by atoms with Gasteiger partial charge in [-0.1, -0.05) is 34.5 Å². The van der Waals surface area contributed by atoms with E-state index in [9.17, 15) is 4.79 Å². The number of fused-ring (bicyclic) bond motifs is 3. The van der Waals surface area contributed by atoms with Crippen molar-refractivity contribution in [1.29, 1.82) is 0 Å². The average molecular weight is 441 g/mol. The van der Waals surface area contributed by atoms with Crippen LogP contribution >= 0.6 is 34.5 Å². The Morgan fingerprint density at radius 1 is 1.07 bits per heavy atom. The Kier molecular flexibility index (Phi) is 4.28. The second kappa shape index (κ2) is 6.73. The molecule has 0 aliphatic rings. The zero-order valence-corrected chi connectivity index (χ0v) is 17.8. The number of rotatable bonds is 2. The van der Waals surface area contributed by atoms with E-state index in [4.69, 9.17) is 27.6 Å². The lowest BCUT2D eigenvalue weighted by molar-refractivity contribution is 0.571. The van der Waals surface area contributed by atoms with Crippen molar-refractivity contribution in [3.8, 4) is 11.3 Å². The fraction of sp³-hybridized carbons (Fsp3) is 0.0909. The van der Waals surface area contributed by atoms with E-state index < -0.39 is 0 Å². The standard InChI is InChI=1S/C22H14Cl2N2O2S/c1-11-7-17-18(8-12(11)2)26-21(27)20(29-22(26)25-17)10-14-4-6-19(28-14)15-9-13(23)3-5-16(15)24/h3-10H,1-2H3/b20-10-. The summed E-state index contributed by atoms with van der Waals surface area (Å²) in [5.41, 5.74) is 4.55. The summed E-state index contributed by atoms with van der Waals surface area (Å²) in [6.45, 7) is 4.07. The molecule has 0 N–H and O–H groups in total. The van der Waals surface area contributed by atoms with Gasteiger partial charge in [0.05, 0.1) is 16.1 Å². The molecule has 29 heavy (non-hydrogen) atoms. The highest BCUT2D eigenvalue weighted by Crippen LogP contribution is 2.32. The lowest BCUT2D eigenvalue weighted by atomic mass is 10.1. The third-order valence-electron chi connectivity index (χ3n) is 4.95. The minimum Gasteiger partial charge on any atom is -0.457 e. The number of nitrogens with zero attached hydrogens (tertiary/aromatic N) is 2. The van der Waals surface area contributed by atoms with Gasteiger partial charge in [-0.3, -0.25) is 4.79 Å². The molecule has 0 aliphatic carbocycles. The maximum atomic E-state index is 13.0. The quantitative estimate of drug-likeness (QED) is 0.356. The van der Waals surface area contributed by atoms with Crippen molar-refractivity contribution >= 4 is 56.6 Å². The van der Waals surface area contributed by atoms with Gasteiger partial charge in [-0.2, -0.15) is 0 Å². The van der Waals surface area contributed by atoms with Crippen molar-refractivity contribution in [3.63, 3.8) is 0 Å². The number of halogens is 2. The van der Waals surface area contributed by atoms with E-state index >= 15 is 0 Å². The fourth-order valence-electron chi connectivity index (χ4n) is 3.31. The van der Waals surface area contributed by atoms with Crippen molar-refractivity contribution < 1.29 is 4.42 Å². The molecule has 144 valence electrons. The molecule has 3 aromatic heterocycles. The molecular formula is C22H14Cl2N2O2S. The first kappa shape index (κ1) is 18.4. The van der Waals surface area contributed by atoms with E-state index in [0.717, 1.165) is 22.2 Å². The summed E-state index contributed by atoms with van der Waals surface area (Å²) in [6, 6.07) is 12.8. The topological polar surface area (TPSA) is 47.5 Å². The van der Waals surface area contributed by atoms with Crippen LogP contribution in [0.15, 0.2) is 51.7 Å². The van der Waals surface area contributed by atoms with Gasteiger partial charge in [-0.05, 0) is 67.4 Å². The highest BCUT2D eigenvalue weighted by molar-refractivity contribution is 7.15. The van der Waals surface area contributed by atoms with E-state index in [1.807, 2.05) is 32.0 Å². The number of aryl methyl sites for hydroxylation is 2. The maximum absolute atomic E-state index is 13.0. The molecule has 4 nitrogen and oxygen atoms in total. The van der Waals surface area contributed by atoms with Crippen molar-refractivity contribution in [2.75, 3.05) is 0 Å². The van der Waals surface area contributed by atoms with Crippen LogP contribution in [-0.4, -0.2) is 9.38 Å². The van der Waals surface area contributed by atoms with Gasteiger partial charge in [0, 0.05) is 16.7 Å². The molecule has 0 atom stereocenters. The molecule has 5 aromatic rings. The minimum atomic E-state index is -0.102. The van der Waals surface area contributed by atoms with Gasteiger partial charge in [-0.25, -0.2) is 9.38 Å². The molecule has 7 heteroatoms. The highest BCUT2D eigenvalue weighted by Gasteiger charge is 2.13. The van der Waals surface area contributed by atoms with Gasteiger partial charge in [-0.15, -0.1) is 0 Å². The van der Waals surface area contributed by atoms with E-state index in [1.54, 1.807) is 34.7 Å². The SMILES string of the molecule is Cc1cc2nc3s/c(=C\c4ccc(-c5cc(Cl)ccc5Cl)o4)c(=O)n3c2cc1C. The van der Waals surface area contributed by atoms with E-state index in [2.05, 4.69) is 4.98 Å². The third kappa shape index (κ3) is 3.06. The van der Waals surface area contributed by atoms with Crippen LogP contribution in [0.2, 0.25) is 10.0 Å². The fourth-order valence-corrected chi connectivity index (χ4v) is 4.66. The smallest absolute Gasteiger partial charge is 0.275 e. The monoisotopic (exact) mass is 440 g/mol. The largest absolute Gasteiger partial charge is 0.457 e. The van der Waals surface area contributed by atoms with Gasteiger partial charge in [0.15, 0.2) is 4.96 Å². The van der Waals surface area contributed by atoms with Crippen LogP contribution in [0.3, 0.4) is 0 Å². The molecule has 0 saturated heterocycles. The third-order valence-corrected chi connectivity index (χ3v) is 6.48. The van der Waals surface area contributed by atoms with Crippen LogP contribution in [0, 0.1) is 13.8 Å². The van der Waals surface area contributed by atoms with Crippen molar-refractivity contribution in [2.45, 2.75) is 13.8 Å². The molecule has 2 aromatic carbocycles. The molecule has 0 amide bonds. The first-order valence-corrected chi connectivity index (χ1v) is 10.5. The highest BCUT2D eigenvalue weighted by atomic mass is 35.5. The number of thiazole rings is 1. The van der Waals surface area contributed by atoms with Crippen molar-refractivity contribution in [2.24, 2.45) is 0 Å². The summed E-state index contributed by atoms with van der Waals surface area (Å²) < 4.78 is 8.12. The maximum Gasteiger partial charge on any atom is 0.275 e. The summed E-state index contributed by atoms with van der Waals surface area (Å²) in [5.74, 6) is 1.16. The van der Waals surface area contributed by atoms with E-state index in [1.165, 1.54) is 11.3 Å². The molecule has 5 rings (SSSR count). The van der Waals surface area contributed by atoms with Gasteiger partial charge >= 0.3 is 0 Å². The van der Waals surface area contributed by atoms with E-state index in [-0.39, 0.29) is 5.56 Å². The number of imidazole rings is 1. The summed E-state index contributed by atoms with van der Waals surface area (Å²) >= 11 is 13.7. The molecule has 0 aliphatic heterocycles. The second-order valence-corrected chi connectivity index (χ2v) is 8.75. The average Bonchev–Trinajstić information content (AvgIpc) is 3.35. The van der Waals surface area contributed by atoms with Crippen molar-refractivity contribution in [3.05, 3.63) is 84.3 Å². The van der Waals surface area contributed by atoms with Crippen LogP contribution in [0.25, 0.3) is 33.4 Å². The zero-order chi connectivity index (χ0) is 20.3. The Morgan fingerprint density at radius 2 is 1.86 bits per heavy atom. The first-order chi connectivity index (χ1) is 13.9. The molecule has 0 bridgehead atoms. The lowest BCUT2D eigenvalue weighted by Crippen LogP contribution is -2.22. The van der Waals surface area contributed by atoms with Crippen molar-refractivity contribution in [1.82, 2.24) is 9.38 Å². The molecular weight excluding hydrogens is 427 g/mol. The first-order valence-electron chi connectivity index (χ1n) is 8.90. The zero-order valence-electron chi connectivity index (χ0n) is 15.5. The Bertz CT molecular complexity index is 1530. The second-order valence-electron chi connectivity index (χ2n) is 6.90. The van der Waals surface area contributed by atoms with Gasteiger partial charge in [0.25, 0.3) is 5.56 Å². The van der Waals surface area contributed by atoms with Gasteiger partial charge in [0.2, 0.25) is 0 Å². The summed E-state index contributed by atoms with van der Waals surface area (Å²) in [7, 11) is 0. The lowest BCUT2D eigenvalue weighted by Gasteiger charge is -2.00. The summed E-state index contributed by atoms with van der Waals surface area (Å²) in [5, 5.41) is 1.12. The summed E-state index contributed by atoms with van der Waals surface area (Å²) in [4.78, 5) is 18.3. The van der Waals surface area contributed by atoms with Gasteiger partial charge < -0.3 is 4.42 Å². The van der Waals surface area contributed by atoms with Crippen LogP contribution < -0.4 is 10.1 Å².